The summed E-state index contributed by atoms with van der Waals surface area (Å²) in [4.78, 5) is 0. The van der Waals surface area contributed by atoms with Crippen LogP contribution in [-0.2, 0) is 6.54 Å². The molecule has 5 rings (SSSR count). The zero-order chi connectivity index (χ0) is 20.5. The summed E-state index contributed by atoms with van der Waals surface area (Å²) < 4.78 is 13.3. The third kappa shape index (κ3) is 3.05. The SMILES string of the molecule is COc1cc2c3nnc(-c4ccccc4)c-3cn(Cc3ccccc3)c2cc1OC. The molecule has 0 N–H and O–H groups in total. The molecule has 0 fully saturated rings. The molecule has 0 aliphatic carbocycles. The number of ether oxygens (including phenoxy) is 2. The minimum atomic E-state index is 0.674. The first kappa shape index (κ1) is 18.2. The lowest BCUT2D eigenvalue weighted by Crippen LogP contribution is -2.05. The Bertz CT molecular complexity index is 1280. The van der Waals surface area contributed by atoms with Crippen LogP contribution >= 0.6 is 0 Å². The molecular formula is C25H21N3O2. The molecule has 0 unspecified atom stereocenters. The van der Waals surface area contributed by atoms with Gasteiger partial charge in [0.15, 0.2) is 11.5 Å². The maximum absolute atomic E-state index is 5.56. The highest BCUT2D eigenvalue weighted by Crippen LogP contribution is 2.40. The molecule has 148 valence electrons. The summed E-state index contributed by atoms with van der Waals surface area (Å²) in [6.45, 7) is 0.724. The Labute approximate surface area is 174 Å². The van der Waals surface area contributed by atoms with Crippen molar-refractivity contribution in [3.63, 3.8) is 0 Å². The predicted octanol–water partition coefficient (Wildman–Crippen LogP) is 5.27. The highest BCUT2D eigenvalue weighted by Gasteiger charge is 2.22. The lowest BCUT2D eigenvalue weighted by Gasteiger charge is -2.17. The largest absolute Gasteiger partial charge is 0.493 e. The van der Waals surface area contributed by atoms with E-state index >= 15 is 0 Å². The van der Waals surface area contributed by atoms with Crippen LogP contribution in [0.4, 0.5) is 0 Å². The van der Waals surface area contributed by atoms with Crippen molar-refractivity contribution in [1.29, 1.82) is 0 Å². The second-order valence-corrected chi connectivity index (χ2v) is 7.14. The summed E-state index contributed by atoms with van der Waals surface area (Å²) in [5.41, 5.74) is 6.02. The molecule has 3 aromatic rings. The monoisotopic (exact) mass is 395 g/mol. The van der Waals surface area contributed by atoms with E-state index in [-0.39, 0.29) is 0 Å². The molecule has 2 aliphatic heterocycles. The molecule has 0 saturated carbocycles. The molecule has 0 amide bonds. The van der Waals surface area contributed by atoms with Crippen molar-refractivity contribution in [2.45, 2.75) is 6.54 Å². The van der Waals surface area contributed by atoms with Gasteiger partial charge in [0.05, 0.1) is 19.7 Å². The quantitative estimate of drug-likeness (QED) is 0.407. The second-order valence-electron chi connectivity index (χ2n) is 7.14. The number of aromatic nitrogens is 3. The standard InChI is InChI=1S/C25H21N3O2/c1-29-22-13-19-21(14-23(22)30-2)28(15-17-9-5-3-6-10-17)16-20-24(26-27-25(19)20)18-11-7-4-8-12-18/h3-14,16H,15H2,1-2H3. The molecule has 0 aromatic heterocycles. The Morgan fingerprint density at radius 1 is 0.767 bits per heavy atom. The van der Waals surface area contributed by atoms with E-state index in [9.17, 15) is 0 Å². The molecule has 0 atom stereocenters. The minimum absolute atomic E-state index is 0.674. The van der Waals surface area contributed by atoms with Gasteiger partial charge in [0, 0.05) is 35.3 Å². The number of nitrogens with zero attached hydrogens (tertiary/aromatic N) is 3. The van der Waals surface area contributed by atoms with Gasteiger partial charge in [-0.25, -0.2) is 0 Å². The number of benzene rings is 3. The van der Waals surface area contributed by atoms with Gasteiger partial charge in [0.1, 0.15) is 11.4 Å². The average Bonchev–Trinajstić information content (AvgIpc) is 3.23. The summed E-state index contributed by atoms with van der Waals surface area (Å²) in [7, 11) is 3.30. The Morgan fingerprint density at radius 3 is 2.10 bits per heavy atom. The predicted molar refractivity (Wildman–Crippen MR) is 118 cm³/mol. The molecule has 0 radical (unpaired) electrons. The van der Waals surface area contributed by atoms with E-state index in [2.05, 4.69) is 57.4 Å². The van der Waals surface area contributed by atoms with Crippen LogP contribution in [0, 0.1) is 0 Å². The molecule has 0 spiro atoms. The second kappa shape index (κ2) is 7.52. The van der Waals surface area contributed by atoms with E-state index in [1.165, 1.54) is 5.56 Å². The first-order valence-electron chi connectivity index (χ1n) is 9.79. The topological polar surface area (TPSA) is 49.2 Å². The van der Waals surface area contributed by atoms with Gasteiger partial charge in [-0.15, -0.1) is 10.2 Å². The van der Waals surface area contributed by atoms with E-state index in [0.29, 0.717) is 11.5 Å². The summed E-state index contributed by atoms with van der Waals surface area (Å²) in [5.74, 6) is 1.36. The molecule has 3 aromatic carbocycles. The van der Waals surface area contributed by atoms with Gasteiger partial charge in [-0.05, 0) is 11.6 Å². The van der Waals surface area contributed by atoms with Gasteiger partial charge in [0.25, 0.3) is 0 Å². The number of fused-ring (bicyclic) bond motifs is 3. The molecule has 2 aliphatic rings. The fraction of sp³-hybridized carbons (Fsp3) is 0.120. The maximum atomic E-state index is 5.56. The van der Waals surface area contributed by atoms with Crippen molar-refractivity contribution in [2.75, 3.05) is 14.2 Å². The fourth-order valence-corrected chi connectivity index (χ4v) is 3.88. The summed E-state index contributed by atoms with van der Waals surface area (Å²) in [6.07, 6.45) is 2.14. The first-order chi connectivity index (χ1) is 14.8. The molecule has 0 saturated heterocycles. The third-order valence-corrected chi connectivity index (χ3v) is 5.35. The van der Waals surface area contributed by atoms with E-state index < -0.39 is 0 Å². The van der Waals surface area contributed by atoms with Crippen LogP contribution < -0.4 is 9.47 Å². The van der Waals surface area contributed by atoms with Crippen molar-refractivity contribution in [1.82, 2.24) is 14.8 Å². The molecule has 2 heterocycles. The van der Waals surface area contributed by atoms with E-state index in [4.69, 9.17) is 9.47 Å². The van der Waals surface area contributed by atoms with Gasteiger partial charge in [-0.3, -0.25) is 0 Å². The molecule has 0 bridgehead atoms. The van der Waals surface area contributed by atoms with Crippen LogP contribution in [0.3, 0.4) is 0 Å². The number of hydrogen-bond acceptors (Lipinski definition) is 4. The summed E-state index contributed by atoms with van der Waals surface area (Å²) in [6, 6.07) is 24.6. The zero-order valence-electron chi connectivity index (χ0n) is 16.9. The van der Waals surface area contributed by atoms with E-state index in [1.807, 2.05) is 36.4 Å². The van der Waals surface area contributed by atoms with Crippen molar-refractivity contribution < 1.29 is 9.47 Å². The van der Waals surface area contributed by atoms with E-state index in [1.54, 1.807) is 14.2 Å². The van der Waals surface area contributed by atoms with Crippen molar-refractivity contribution in [3.05, 3.63) is 84.6 Å². The fourth-order valence-electron chi connectivity index (χ4n) is 3.88. The Balaban J connectivity index is 1.79. The zero-order valence-corrected chi connectivity index (χ0v) is 16.9. The lowest BCUT2D eigenvalue weighted by molar-refractivity contribution is 0.355. The van der Waals surface area contributed by atoms with Crippen molar-refractivity contribution in [3.8, 4) is 34.0 Å². The van der Waals surface area contributed by atoms with Gasteiger partial charge in [0.2, 0.25) is 0 Å². The molecule has 5 nitrogen and oxygen atoms in total. The Morgan fingerprint density at radius 2 is 1.40 bits per heavy atom. The third-order valence-electron chi connectivity index (χ3n) is 5.35. The van der Waals surface area contributed by atoms with Crippen LogP contribution in [0.25, 0.3) is 33.4 Å². The normalized spacial score (nSPS) is 11.1. The van der Waals surface area contributed by atoms with Crippen molar-refractivity contribution in [2.24, 2.45) is 0 Å². The Kier molecular flexibility index (Phi) is 4.56. The first-order valence-corrected chi connectivity index (χ1v) is 9.79. The van der Waals surface area contributed by atoms with E-state index in [0.717, 1.165) is 40.0 Å². The average molecular weight is 395 g/mol. The summed E-state index contributed by atoms with van der Waals surface area (Å²) >= 11 is 0. The number of pyridine rings is 1. The lowest BCUT2D eigenvalue weighted by atomic mass is 10.0. The number of methoxy groups -OCH3 is 2. The van der Waals surface area contributed by atoms with Crippen LogP contribution in [0.1, 0.15) is 5.56 Å². The number of rotatable bonds is 5. The van der Waals surface area contributed by atoms with Gasteiger partial charge in [-0.1, -0.05) is 60.7 Å². The highest BCUT2D eigenvalue weighted by atomic mass is 16.5. The van der Waals surface area contributed by atoms with Crippen LogP contribution in [0.15, 0.2) is 79.0 Å². The van der Waals surface area contributed by atoms with Crippen LogP contribution in [0.5, 0.6) is 11.5 Å². The maximum Gasteiger partial charge on any atom is 0.162 e. The smallest absolute Gasteiger partial charge is 0.162 e. The minimum Gasteiger partial charge on any atom is -0.493 e. The molecule has 30 heavy (non-hydrogen) atoms. The summed E-state index contributed by atoms with van der Waals surface area (Å²) in [5, 5.41) is 10.1. The van der Waals surface area contributed by atoms with Gasteiger partial charge >= 0.3 is 0 Å². The van der Waals surface area contributed by atoms with Crippen LogP contribution in [-0.4, -0.2) is 29.0 Å². The van der Waals surface area contributed by atoms with Crippen LogP contribution in [0.2, 0.25) is 0 Å². The number of hydrogen-bond donors (Lipinski definition) is 0. The molecular weight excluding hydrogens is 374 g/mol. The van der Waals surface area contributed by atoms with Gasteiger partial charge in [-0.2, -0.15) is 0 Å². The van der Waals surface area contributed by atoms with Crippen molar-refractivity contribution >= 4 is 10.9 Å². The molecule has 5 heteroatoms. The Hall–Kier alpha value is -3.86. The van der Waals surface area contributed by atoms with Gasteiger partial charge < -0.3 is 14.0 Å². The highest BCUT2D eigenvalue weighted by molar-refractivity contribution is 5.99.